The van der Waals surface area contributed by atoms with Crippen LogP contribution in [0.3, 0.4) is 0 Å². The topological polar surface area (TPSA) is 18.5 Å². The molecule has 0 saturated heterocycles. The molecule has 0 aliphatic rings. The molecule has 10 heavy (non-hydrogen) atoms. The van der Waals surface area contributed by atoms with Gasteiger partial charge in [0.25, 0.3) is 0 Å². The van der Waals surface area contributed by atoms with Crippen molar-refractivity contribution in [1.82, 2.24) is 0 Å². The average molecular weight is 137 g/mol. The van der Waals surface area contributed by atoms with Crippen LogP contribution in [0.15, 0.2) is 24.3 Å². The van der Waals surface area contributed by atoms with Gasteiger partial charge in [0, 0.05) is 13.2 Å². The number of methoxy groups -OCH3 is 1. The Bertz CT molecular complexity index is 172. The van der Waals surface area contributed by atoms with E-state index in [1.165, 1.54) is 0 Å². The van der Waals surface area contributed by atoms with Crippen LogP contribution < -0.4 is 4.74 Å². The van der Waals surface area contributed by atoms with Crippen molar-refractivity contribution in [3.8, 4) is 5.75 Å². The van der Waals surface area contributed by atoms with E-state index in [1.54, 1.807) is 13.2 Å². The van der Waals surface area contributed by atoms with E-state index in [9.17, 15) is 0 Å². The number of ether oxygens (including phenoxy) is 2. The molecule has 0 spiro atoms. The van der Waals surface area contributed by atoms with Crippen molar-refractivity contribution in [2.45, 2.75) is 0 Å². The average Bonchev–Trinajstić information content (AvgIpc) is 2.03. The van der Waals surface area contributed by atoms with Gasteiger partial charge in [-0.05, 0) is 6.07 Å². The molecule has 1 aromatic carbocycles. The highest BCUT2D eigenvalue weighted by Gasteiger charge is 1.87. The van der Waals surface area contributed by atoms with Gasteiger partial charge in [-0.15, -0.1) is 0 Å². The van der Waals surface area contributed by atoms with Crippen LogP contribution in [0, 0.1) is 6.07 Å². The summed E-state index contributed by atoms with van der Waals surface area (Å²) in [5, 5.41) is 0. The maximum absolute atomic E-state index is 5.08. The van der Waals surface area contributed by atoms with Crippen molar-refractivity contribution >= 4 is 0 Å². The Balaban J connectivity index is 2.43. The molecule has 1 aromatic rings. The highest BCUT2D eigenvalue weighted by atomic mass is 16.7. The van der Waals surface area contributed by atoms with Crippen LogP contribution in [0.4, 0.5) is 0 Å². The van der Waals surface area contributed by atoms with Crippen molar-refractivity contribution in [2.24, 2.45) is 0 Å². The molecule has 0 fully saturated rings. The van der Waals surface area contributed by atoms with Crippen molar-refractivity contribution < 1.29 is 9.47 Å². The number of benzene rings is 1. The summed E-state index contributed by atoms with van der Waals surface area (Å²) in [6.45, 7) is 0.278. The lowest BCUT2D eigenvalue weighted by molar-refractivity contribution is 0.0509. The Morgan fingerprint density at radius 3 is 3.00 bits per heavy atom. The van der Waals surface area contributed by atoms with Crippen molar-refractivity contribution in [3.05, 3.63) is 30.3 Å². The SMILES string of the molecule is COCOc1[c]cccc1. The van der Waals surface area contributed by atoms with Gasteiger partial charge in [-0.25, -0.2) is 0 Å². The van der Waals surface area contributed by atoms with E-state index in [1.807, 2.05) is 18.2 Å². The first-order valence-corrected chi connectivity index (χ1v) is 3.02. The molecule has 0 aliphatic heterocycles. The van der Waals surface area contributed by atoms with E-state index in [0.717, 1.165) is 0 Å². The van der Waals surface area contributed by atoms with Crippen LogP contribution in [0.2, 0.25) is 0 Å². The molecule has 2 heteroatoms. The predicted molar refractivity (Wildman–Crippen MR) is 37.8 cm³/mol. The van der Waals surface area contributed by atoms with E-state index in [-0.39, 0.29) is 6.79 Å². The van der Waals surface area contributed by atoms with Gasteiger partial charge >= 0.3 is 0 Å². The summed E-state index contributed by atoms with van der Waals surface area (Å²) in [6.07, 6.45) is 0. The lowest BCUT2D eigenvalue weighted by Crippen LogP contribution is -1.98. The minimum absolute atomic E-state index is 0.278. The van der Waals surface area contributed by atoms with Crippen molar-refractivity contribution in [2.75, 3.05) is 13.9 Å². The maximum atomic E-state index is 5.08. The molecular formula is C8H9O2. The first-order valence-electron chi connectivity index (χ1n) is 3.02. The summed E-state index contributed by atoms with van der Waals surface area (Å²) < 4.78 is 9.78. The summed E-state index contributed by atoms with van der Waals surface area (Å²) in [7, 11) is 1.59. The summed E-state index contributed by atoms with van der Waals surface area (Å²) in [6, 6.07) is 10.3. The summed E-state index contributed by atoms with van der Waals surface area (Å²) in [4.78, 5) is 0. The normalized spacial score (nSPS) is 9.30. The quantitative estimate of drug-likeness (QED) is 0.587. The fraction of sp³-hybridized carbons (Fsp3) is 0.250. The monoisotopic (exact) mass is 137 g/mol. The van der Waals surface area contributed by atoms with E-state index < -0.39 is 0 Å². The summed E-state index contributed by atoms with van der Waals surface area (Å²) in [5.41, 5.74) is 0. The van der Waals surface area contributed by atoms with E-state index in [4.69, 9.17) is 9.47 Å². The number of hydrogen-bond donors (Lipinski definition) is 0. The fourth-order valence-corrected chi connectivity index (χ4v) is 0.589. The molecule has 0 amide bonds. The largest absolute Gasteiger partial charge is 0.467 e. The van der Waals surface area contributed by atoms with Gasteiger partial charge in [-0.2, -0.15) is 0 Å². The zero-order chi connectivity index (χ0) is 7.23. The predicted octanol–water partition coefficient (Wildman–Crippen LogP) is 1.47. The molecule has 0 atom stereocenters. The molecule has 1 radical (unpaired) electrons. The Morgan fingerprint density at radius 2 is 2.40 bits per heavy atom. The lowest BCUT2D eigenvalue weighted by atomic mass is 10.3. The summed E-state index contributed by atoms with van der Waals surface area (Å²) in [5.74, 6) is 0.712. The third-order valence-corrected chi connectivity index (χ3v) is 1.01. The van der Waals surface area contributed by atoms with E-state index in [2.05, 4.69) is 6.07 Å². The van der Waals surface area contributed by atoms with Crippen LogP contribution in [-0.4, -0.2) is 13.9 Å². The molecule has 0 saturated carbocycles. The second kappa shape index (κ2) is 3.90. The molecule has 0 aromatic heterocycles. The molecule has 2 nitrogen and oxygen atoms in total. The minimum Gasteiger partial charge on any atom is -0.467 e. The first kappa shape index (κ1) is 7.09. The molecule has 53 valence electrons. The van der Waals surface area contributed by atoms with E-state index >= 15 is 0 Å². The van der Waals surface area contributed by atoms with Crippen LogP contribution in [0.5, 0.6) is 5.75 Å². The highest BCUT2D eigenvalue weighted by molar-refractivity contribution is 5.18. The molecule has 0 aliphatic carbocycles. The minimum atomic E-state index is 0.278. The van der Waals surface area contributed by atoms with Crippen molar-refractivity contribution in [1.29, 1.82) is 0 Å². The van der Waals surface area contributed by atoms with Gasteiger partial charge < -0.3 is 9.47 Å². The Labute approximate surface area is 60.4 Å². The van der Waals surface area contributed by atoms with E-state index in [0.29, 0.717) is 5.75 Å². The van der Waals surface area contributed by atoms with Crippen LogP contribution in [0.1, 0.15) is 0 Å². The first-order chi connectivity index (χ1) is 4.93. The molecule has 0 unspecified atom stereocenters. The van der Waals surface area contributed by atoms with Gasteiger partial charge in [-0.3, -0.25) is 0 Å². The number of hydrogen-bond acceptors (Lipinski definition) is 2. The Morgan fingerprint density at radius 1 is 1.50 bits per heavy atom. The highest BCUT2D eigenvalue weighted by Crippen LogP contribution is 2.06. The third-order valence-electron chi connectivity index (χ3n) is 1.01. The van der Waals surface area contributed by atoms with Gasteiger partial charge in [0.15, 0.2) is 6.79 Å². The second-order valence-electron chi connectivity index (χ2n) is 1.78. The molecule has 1 rings (SSSR count). The third kappa shape index (κ3) is 2.07. The van der Waals surface area contributed by atoms with Crippen molar-refractivity contribution in [3.63, 3.8) is 0 Å². The van der Waals surface area contributed by atoms with Crippen LogP contribution in [0.25, 0.3) is 0 Å². The van der Waals surface area contributed by atoms with Crippen LogP contribution >= 0.6 is 0 Å². The molecular weight excluding hydrogens is 128 g/mol. The van der Waals surface area contributed by atoms with Gasteiger partial charge in [-0.1, -0.05) is 18.2 Å². The summed E-state index contributed by atoms with van der Waals surface area (Å²) >= 11 is 0. The number of rotatable bonds is 3. The smallest absolute Gasteiger partial charge is 0.188 e. The maximum Gasteiger partial charge on any atom is 0.188 e. The zero-order valence-corrected chi connectivity index (χ0v) is 5.83. The standard InChI is InChI=1S/C8H9O2/c1-9-7-10-8-5-3-2-4-6-8/h2-5H,7H2,1H3. The van der Waals surface area contributed by atoms with Gasteiger partial charge in [0.1, 0.15) is 5.75 Å². The zero-order valence-electron chi connectivity index (χ0n) is 5.83. The Kier molecular flexibility index (Phi) is 2.77. The second-order valence-corrected chi connectivity index (χ2v) is 1.78. The number of para-hydroxylation sites is 1. The molecule has 0 heterocycles. The van der Waals surface area contributed by atoms with Gasteiger partial charge in [0.2, 0.25) is 0 Å². The van der Waals surface area contributed by atoms with Crippen LogP contribution in [-0.2, 0) is 4.74 Å². The Hall–Kier alpha value is -1.02. The van der Waals surface area contributed by atoms with Gasteiger partial charge in [0.05, 0.1) is 0 Å². The lowest BCUT2D eigenvalue weighted by Gasteiger charge is -2.01. The molecule has 0 N–H and O–H groups in total. The fourth-order valence-electron chi connectivity index (χ4n) is 0.589. The molecule has 0 bridgehead atoms.